The summed E-state index contributed by atoms with van der Waals surface area (Å²) in [4.78, 5) is 31.0. The van der Waals surface area contributed by atoms with Gasteiger partial charge in [-0.15, -0.1) is 0 Å². The number of likely N-dealkylation sites (tertiary alicyclic amines) is 1. The van der Waals surface area contributed by atoms with E-state index in [4.69, 9.17) is 21.1 Å². The molecule has 1 saturated heterocycles. The Kier molecular flexibility index (Phi) is 6.22. The van der Waals surface area contributed by atoms with Crippen LogP contribution in [0.1, 0.15) is 42.1 Å². The van der Waals surface area contributed by atoms with Crippen LogP contribution in [0.2, 0.25) is 5.02 Å². The molecule has 1 aliphatic heterocycles. The first-order valence-electron chi connectivity index (χ1n) is 10.6. The van der Waals surface area contributed by atoms with E-state index in [0.717, 1.165) is 0 Å². The van der Waals surface area contributed by atoms with Crippen molar-refractivity contribution in [3.63, 3.8) is 0 Å². The highest BCUT2D eigenvalue weighted by Crippen LogP contribution is 2.48. The lowest BCUT2D eigenvalue weighted by Crippen LogP contribution is -2.47. The molecule has 1 amide bonds. The Bertz CT molecular complexity index is 1080. The van der Waals surface area contributed by atoms with E-state index in [1.165, 1.54) is 7.11 Å². The molecule has 1 aromatic heterocycles. The van der Waals surface area contributed by atoms with Gasteiger partial charge in [-0.3, -0.25) is 4.98 Å². The van der Waals surface area contributed by atoms with Gasteiger partial charge in [-0.05, 0) is 55.2 Å². The maximum absolute atomic E-state index is 12.7. The van der Waals surface area contributed by atoms with Gasteiger partial charge in [-0.25, -0.2) is 9.59 Å². The molecule has 0 bridgehead atoms. The third-order valence-corrected chi connectivity index (χ3v) is 6.43. The minimum atomic E-state index is -1.48. The van der Waals surface area contributed by atoms with Gasteiger partial charge in [0, 0.05) is 35.8 Å². The van der Waals surface area contributed by atoms with Crippen LogP contribution in [0.4, 0.5) is 4.79 Å². The van der Waals surface area contributed by atoms with Crippen molar-refractivity contribution in [3.05, 3.63) is 63.9 Å². The van der Waals surface area contributed by atoms with Crippen molar-refractivity contribution in [1.29, 1.82) is 0 Å². The lowest BCUT2D eigenvalue weighted by molar-refractivity contribution is -0.133. The minimum absolute atomic E-state index is 0.243. The number of pyridine rings is 1. The zero-order valence-corrected chi connectivity index (χ0v) is 18.8. The summed E-state index contributed by atoms with van der Waals surface area (Å²) >= 11 is 6.28. The van der Waals surface area contributed by atoms with E-state index >= 15 is 0 Å². The van der Waals surface area contributed by atoms with Crippen molar-refractivity contribution in [2.75, 3.05) is 26.8 Å². The van der Waals surface area contributed by atoms with E-state index in [2.05, 4.69) is 4.98 Å². The number of piperidine rings is 1. The number of carbonyl (C=O) groups is 2. The summed E-state index contributed by atoms with van der Waals surface area (Å²) in [6.07, 6.45) is 4.06. The number of hydrogen-bond acceptors (Lipinski definition) is 6. The van der Waals surface area contributed by atoms with Gasteiger partial charge in [0.1, 0.15) is 5.60 Å². The number of rotatable bonds is 3. The maximum Gasteiger partial charge on any atom is 0.409 e. The van der Waals surface area contributed by atoms with Gasteiger partial charge in [0.25, 0.3) is 0 Å². The van der Waals surface area contributed by atoms with Crippen LogP contribution in [0.25, 0.3) is 11.6 Å². The summed E-state index contributed by atoms with van der Waals surface area (Å²) in [5.41, 5.74) is 0.985. The molecule has 0 radical (unpaired) electrons. The summed E-state index contributed by atoms with van der Waals surface area (Å²) < 4.78 is 10.1. The Balaban J connectivity index is 1.83. The van der Waals surface area contributed by atoms with Crippen LogP contribution in [0.15, 0.2) is 36.5 Å². The van der Waals surface area contributed by atoms with Crippen LogP contribution >= 0.6 is 11.6 Å². The predicted molar refractivity (Wildman–Crippen MR) is 120 cm³/mol. The topological polar surface area (TPSA) is 89.0 Å². The molecule has 0 saturated carbocycles. The number of hydrogen-bond donors (Lipinski definition) is 1. The van der Waals surface area contributed by atoms with E-state index in [1.54, 1.807) is 48.4 Å². The Hall–Kier alpha value is -2.90. The van der Waals surface area contributed by atoms with Gasteiger partial charge in [0.15, 0.2) is 0 Å². The number of aliphatic hydroxyl groups is 1. The van der Waals surface area contributed by atoms with Crippen molar-refractivity contribution in [2.24, 2.45) is 5.92 Å². The molecule has 32 heavy (non-hydrogen) atoms. The third kappa shape index (κ3) is 3.76. The highest BCUT2D eigenvalue weighted by Gasteiger charge is 2.47. The molecule has 1 unspecified atom stereocenters. The van der Waals surface area contributed by atoms with Gasteiger partial charge >= 0.3 is 12.1 Å². The zero-order valence-electron chi connectivity index (χ0n) is 18.0. The first kappa shape index (κ1) is 22.3. The van der Waals surface area contributed by atoms with Gasteiger partial charge < -0.3 is 19.5 Å². The normalized spacial score (nSPS) is 20.5. The van der Waals surface area contributed by atoms with Crippen molar-refractivity contribution in [3.8, 4) is 0 Å². The van der Waals surface area contributed by atoms with Crippen LogP contribution in [0.3, 0.4) is 0 Å². The lowest BCUT2D eigenvalue weighted by Gasteiger charge is -2.42. The van der Waals surface area contributed by atoms with Crippen molar-refractivity contribution >= 4 is 35.3 Å². The summed E-state index contributed by atoms with van der Waals surface area (Å²) in [5.74, 6) is -0.767. The fraction of sp³-hybridized carbons (Fsp3) is 0.375. The summed E-state index contributed by atoms with van der Waals surface area (Å²) in [5, 5.41) is 12.8. The second-order valence-corrected chi connectivity index (χ2v) is 8.34. The molecule has 7 nitrogen and oxygen atoms in total. The Morgan fingerprint density at radius 1 is 1.28 bits per heavy atom. The molecule has 1 aromatic carbocycles. The maximum atomic E-state index is 12.7. The van der Waals surface area contributed by atoms with Crippen LogP contribution in [-0.4, -0.2) is 53.9 Å². The van der Waals surface area contributed by atoms with Crippen LogP contribution in [0, 0.1) is 5.92 Å². The van der Waals surface area contributed by atoms with E-state index in [-0.39, 0.29) is 12.0 Å². The molecular weight excluding hydrogens is 432 g/mol. The number of nitrogens with zero attached hydrogens (tertiary/aromatic N) is 2. The van der Waals surface area contributed by atoms with Crippen LogP contribution in [0.5, 0.6) is 0 Å². The molecule has 2 aliphatic rings. The molecule has 1 atom stereocenters. The highest BCUT2D eigenvalue weighted by molar-refractivity contribution is 6.31. The minimum Gasteiger partial charge on any atom is -0.465 e. The number of benzene rings is 1. The Morgan fingerprint density at radius 3 is 2.72 bits per heavy atom. The quantitative estimate of drug-likeness (QED) is 0.705. The Morgan fingerprint density at radius 2 is 2.03 bits per heavy atom. The van der Waals surface area contributed by atoms with Crippen molar-refractivity contribution in [2.45, 2.75) is 25.4 Å². The van der Waals surface area contributed by atoms with Gasteiger partial charge in [-0.2, -0.15) is 0 Å². The number of fused-ring (bicyclic) bond motifs is 2. The first-order chi connectivity index (χ1) is 15.4. The number of ether oxygens (including phenoxy) is 2. The largest absolute Gasteiger partial charge is 0.465 e. The molecule has 168 valence electrons. The van der Waals surface area contributed by atoms with Gasteiger partial charge in [0.05, 0.1) is 25.0 Å². The number of esters is 1. The fourth-order valence-electron chi connectivity index (χ4n) is 4.67. The van der Waals surface area contributed by atoms with E-state index in [1.807, 2.05) is 6.07 Å². The molecule has 8 heteroatoms. The predicted octanol–water partition coefficient (Wildman–Crippen LogP) is 3.87. The SMILES string of the molecule is CCOC(=O)N1CCC(C2(O)c3ccc(Cl)cc3C(C(=O)OC)=Cc3cccnc32)CC1. The van der Waals surface area contributed by atoms with Crippen LogP contribution < -0.4 is 0 Å². The molecule has 1 N–H and O–H groups in total. The summed E-state index contributed by atoms with van der Waals surface area (Å²) in [6.45, 7) is 2.99. The standard InChI is InChI=1S/C24H25ClN2O5/c1-3-32-23(29)27-11-8-16(9-12-27)24(30)20-7-6-17(25)14-18(20)19(22(28)31-2)13-15-5-4-10-26-21(15)24/h4-7,10,13-14,16,30H,3,8-9,11-12H2,1-2H3. The third-order valence-electron chi connectivity index (χ3n) is 6.20. The van der Waals surface area contributed by atoms with E-state index in [0.29, 0.717) is 65.5 Å². The average Bonchev–Trinajstić information content (AvgIpc) is 2.92. The van der Waals surface area contributed by atoms with Crippen LogP contribution in [-0.2, 0) is 19.9 Å². The van der Waals surface area contributed by atoms with Crippen molar-refractivity contribution < 1.29 is 24.2 Å². The van der Waals surface area contributed by atoms with Gasteiger partial charge in [0.2, 0.25) is 0 Å². The van der Waals surface area contributed by atoms with E-state index < -0.39 is 11.6 Å². The van der Waals surface area contributed by atoms with Gasteiger partial charge in [-0.1, -0.05) is 23.7 Å². The molecule has 2 heterocycles. The van der Waals surface area contributed by atoms with E-state index in [9.17, 15) is 14.7 Å². The number of methoxy groups -OCH3 is 1. The molecule has 4 rings (SSSR count). The number of aromatic nitrogens is 1. The molecule has 2 aromatic rings. The second kappa shape index (κ2) is 8.92. The second-order valence-electron chi connectivity index (χ2n) is 7.91. The van der Waals surface area contributed by atoms with Crippen molar-refractivity contribution in [1.82, 2.24) is 9.88 Å². The summed E-state index contributed by atoms with van der Waals surface area (Å²) in [6, 6.07) is 8.69. The molecular formula is C24H25ClN2O5. The Labute approximate surface area is 191 Å². The average molecular weight is 457 g/mol. The lowest BCUT2D eigenvalue weighted by atomic mass is 9.72. The summed E-state index contributed by atoms with van der Waals surface area (Å²) in [7, 11) is 1.32. The first-order valence-corrected chi connectivity index (χ1v) is 11.0. The molecule has 0 spiro atoms. The molecule has 1 fully saturated rings. The molecule has 1 aliphatic carbocycles. The highest BCUT2D eigenvalue weighted by atomic mass is 35.5. The number of carbonyl (C=O) groups excluding carboxylic acids is 2. The number of halogens is 1. The smallest absolute Gasteiger partial charge is 0.409 e. The number of amides is 1. The fourth-order valence-corrected chi connectivity index (χ4v) is 4.84. The monoisotopic (exact) mass is 456 g/mol. The zero-order chi connectivity index (χ0) is 22.9.